The van der Waals surface area contributed by atoms with E-state index in [1.54, 1.807) is 16.8 Å². The maximum absolute atomic E-state index is 12.7. The Hall–Kier alpha value is -3.05. The van der Waals surface area contributed by atoms with Gasteiger partial charge >= 0.3 is 0 Å². The van der Waals surface area contributed by atoms with E-state index in [1.807, 2.05) is 62.4 Å². The first-order valence-corrected chi connectivity index (χ1v) is 12.2. The number of nitrogens with one attached hydrogen (secondary N) is 1. The molecule has 0 aliphatic carbocycles. The number of nitrogens with zero attached hydrogens (tertiary/aromatic N) is 2. The zero-order valence-electron chi connectivity index (χ0n) is 19.8. The number of aromatic nitrogens is 1. The average molecular weight is 446 g/mol. The molecule has 0 unspecified atom stereocenters. The molecule has 1 spiro atoms. The normalized spacial score (nSPS) is 16.8. The SMILES string of the molecule is CC.O=c1cc(OCc2ccccc2)ccn1-c1ccc(N2CCC3(CCNCC3)C2)cc1. The second-order valence-electron chi connectivity index (χ2n) is 8.78. The molecule has 3 aromatic rings. The van der Waals surface area contributed by atoms with Gasteiger partial charge in [-0.1, -0.05) is 44.2 Å². The summed E-state index contributed by atoms with van der Waals surface area (Å²) in [7, 11) is 0. The second kappa shape index (κ2) is 10.7. The van der Waals surface area contributed by atoms with Gasteiger partial charge in [-0.05, 0) is 73.7 Å². The van der Waals surface area contributed by atoms with Gasteiger partial charge in [-0.3, -0.25) is 9.36 Å². The Bertz CT molecular complexity index is 1070. The maximum Gasteiger partial charge on any atom is 0.258 e. The molecule has 0 bridgehead atoms. The van der Waals surface area contributed by atoms with Gasteiger partial charge in [-0.2, -0.15) is 0 Å². The van der Waals surface area contributed by atoms with E-state index in [0.29, 0.717) is 17.8 Å². The summed E-state index contributed by atoms with van der Waals surface area (Å²) in [6.07, 6.45) is 5.61. The highest BCUT2D eigenvalue weighted by molar-refractivity contribution is 5.52. The van der Waals surface area contributed by atoms with Crippen LogP contribution in [0.4, 0.5) is 5.69 Å². The summed E-state index contributed by atoms with van der Waals surface area (Å²) in [6, 6.07) is 21.7. The van der Waals surface area contributed by atoms with E-state index in [-0.39, 0.29) is 5.56 Å². The Kier molecular flexibility index (Phi) is 7.50. The number of hydrogen-bond acceptors (Lipinski definition) is 4. The van der Waals surface area contributed by atoms with E-state index >= 15 is 0 Å². The number of piperidine rings is 1. The molecular weight excluding hydrogens is 410 g/mol. The minimum absolute atomic E-state index is 0.0897. The zero-order chi connectivity index (χ0) is 23.1. The molecule has 3 heterocycles. The summed E-state index contributed by atoms with van der Waals surface area (Å²) in [5.74, 6) is 0.589. The standard InChI is InChI=1S/C26H29N3O2.C2H6/c30-25-18-24(31-19-21-4-2-1-3-5-21)10-16-29(25)23-8-6-22(7-9-23)28-17-13-26(20-28)11-14-27-15-12-26;1-2/h1-10,16,18,27H,11-15,17,19-20H2;1-2H3. The van der Waals surface area contributed by atoms with Gasteiger partial charge < -0.3 is 15.0 Å². The van der Waals surface area contributed by atoms with Crippen molar-refractivity contribution in [2.45, 2.75) is 39.7 Å². The van der Waals surface area contributed by atoms with Crippen LogP contribution < -0.4 is 20.5 Å². The molecule has 1 N–H and O–H groups in total. The molecule has 0 atom stereocenters. The van der Waals surface area contributed by atoms with Crippen molar-refractivity contribution in [1.82, 2.24) is 9.88 Å². The van der Waals surface area contributed by atoms with E-state index in [1.165, 1.54) is 24.9 Å². The summed E-state index contributed by atoms with van der Waals surface area (Å²) in [4.78, 5) is 15.2. The van der Waals surface area contributed by atoms with Crippen molar-refractivity contribution >= 4 is 5.69 Å². The van der Waals surface area contributed by atoms with Crippen LogP contribution in [0.25, 0.3) is 5.69 Å². The second-order valence-corrected chi connectivity index (χ2v) is 8.78. The lowest BCUT2D eigenvalue weighted by Crippen LogP contribution is -2.38. The first kappa shape index (κ1) is 23.1. The lowest BCUT2D eigenvalue weighted by Gasteiger charge is -2.34. The van der Waals surface area contributed by atoms with Crippen molar-refractivity contribution in [2.75, 3.05) is 31.1 Å². The smallest absolute Gasteiger partial charge is 0.258 e. The largest absolute Gasteiger partial charge is 0.489 e. The average Bonchev–Trinajstić information content (AvgIpc) is 3.28. The Morgan fingerprint density at radius 2 is 1.61 bits per heavy atom. The van der Waals surface area contributed by atoms with Crippen LogP contribution in [-0.2, 0) is 6.61 Å². The molecule has 2 fully saturated rings. The third-order valence-electron chi connectivity index (χ3n) is 6.73. The Morgan fingerprint density at radius 3 is 2.30 bits per heavy atom. The molecule has 1 aromatic heterocycles. The Labute approximate surface area is 197 Å². The van der Waals surface area contributed by atoms with Crippen LogP contribution >= 0.6 is 0 Å². The van der Waals surface area contributed by atoms with Gasteiger partial charge in [0.25, 0.3) is 5.56 Å². The predicted molar refractivity (Wildman–Crippen MR) is 136 cm³/mol. The van der Waals surface area contributed by atoms with Crippen LogP contribution in [0.1, 0.15) is 38.7 Å². The third kappa shape index (κ3) is 5.48. The molecule has 2 aliphatic heterocycles. The number of ether oxygens (including phenoxy) is 1. The number of benzene rings is 2. The number of hydrogen-bond donors (Lipinski definition) is 1. The van der Waals surface area contributed by atoms with Gasteiger partial charge in [0, 0.05) is 36.7 Å². The van der Waals surface area contributed by atoms with Crippen molar-refractivity contribution in [2.24, 2.45) is 5.41 Å². The van der Waals surface area contributed by atoms with Crippen molar-refractivity contribution in [1.29, 1.82) is 0 Å². The van der Waals surface area contributed by atoms with Crippen molar-refractivity contribution in [3.05, 3.63) is 88.8 Å². The summed E-state index contributed by atoms with van der Waals surface area (Å²) >= 11 is 0. The van der Waals surface area contributed by atoms with E-state index in [9.17, 15) is 4.79 Å². The van der Waals surface area contributed by atoms with Crippen LogP contribution in [0.3, 0.4) is 0 Å². The highest BCUT2D eigenvalue weighted by Crippen LogP contribution is 2.40. The van der Waals surface area contributed by atoms with Crippen molar-refractivity contribution in [3.8, 4) is 11.4 Å². The first-order chi connectivity index (χ1) is 16.2. The topological polar surface area (TPSA) is 46.5 Å². The van der Waals surface area contributed by atoms with Crippen LogP contribution in [0.15, 0.2) is 77.7 Å². The molecule has 174 valence electrons. The first-order valence-electron chi connectivity index (χ1n) is 12.2. The zero-order valence-corrected chi connectivity index (χ0v) is 19.8. The molecule has 5 nitrogen and oxygen atoms in total. The number of rotatable bonds is 5. The molecule has 5 rings (SSSR count). The summed E-state index contributed by atoms with van der Waals surface area (Å²) in [6.45, 7) is 8.99. The van der Waals surface area contributed by atoms with Gasteiger partial charge in [0.1, 0.15) is 12.4 Å². The minimum atomic E-state index is -0.0897. The van der Waals surface area contributed by atoms with E-state index < -0.39 is 0 Å². The highest BCUT2D eigenvalue weighted by Gasteiger charge is 2.38. The molecule has 2 aliphatic rings. The molecule has 5 heteroatoms. The molecule has 33 heavy (non-hydrogen) atoms. The highest BCUT2D eigenvalue weighted by atomic mass is 16.5. The molecule has 0 amide bonds. The van der Waals surface area contributed by atoms with Gasteiger partial charge in [0.15, 0.2) is 0 Å². The lowest BCUT2D eigenvalue weighted by atomic mass is 9.78. The lowest BCUT2D eigenvalue weighted by molar-refractivity contribution is 0.232. The number of pyridine rings is 1. The fourth-order valence-corrected chi connectivity index (χ4v) is 4.85. The Balaban J connectivity index is 0.00000126. The molecule has 2 aromatic carbocycles. The maximum atomic E-state index is 12.7. The van der Waals surface area contributed by atoms with E-state index in [0.717, 1.165) is 37.4 Å². The Morgan fingerprint density at radius 1 is 0.909 bits per heavy atom. The van der Waals surface area contributed by atoms with Gasteiger partial charge in [0.05, 0.1) is 0 Å². The third-order valence-corrected chi connectivity index (χ3v) is 6.73. The van der Waals surface area contributed by atoms with Crippen LogP contribution in [0.5, 0.6) is 5.75 Å². The fraction of sp³-hybridized carbons (Fsp3) is 0.393. The van der Waals surface area contributed by atoms with Gasteiger partial charge in [-0.25, -0.2) is 0 Å². The van der Waals surface area contributed by atoms with Crippen LogP contribution in [-0.4, -0.2) is 30.7 Å². The quantitative estimate of drug-likeness (QED) is 0.599. The fourth-order valence-electron chi connectivity index (χ4n) is 4.85. The minimum Gasteiger partial charge on any atom is -0.489 e. The van der Waals surface area contributed by atoms with Crippen LogP contribution in [0, 0.1) is 5.41 Å². The molecule has 2 saturated heterocycles. The van der Waals surface area contributed by atoms with Crippen LogP contribution in [0.2, 0.25) is 0 Å². The van der Waals surface area contributed by atoms with E-state index in [4.69, 9.17) is 4.74 Å². The summed E-state index contributed by atoms with van der Waals surface area (Å²) in [5, 5.41) is 3.48. The van der Waals surface area contributed by atoms with Gasteiger partial charge in [0.2, 0.25) is 0 Å². The monoisotopic (exact) mass is 445 g/mol. The molecule has 0 saturated carbocycles. The molecule has 0 radical (unpaired) electrons. The molecular formula is C28H35N3O2. The number of anilines is 1. The summed E-state index contributed by atoms with van der Waals surface area (Å²) in [5.41, 5.74) is 3.59. The van der Waals surface area contributed by atoms with Crippen molar-refractivity contribution < 1.29 is 4.74 Å². The summed E-state index contributed by atoms with van der Waals surface area (Å²) < 4.78 is 7.44. The van der Waals surface area contributed by atoms with Gasteiger partial charge in [-0.15, -0.1) is 0 Å². The van der Waals surface area contributed by atoms with Crippen molar-refractivity contribution in [3.63, 3.8) is 0 Å². The predicted octanol–water partition coefficient (Wildman–Crippen LogP) is 5.02. The van der Waals surface area contributed by atoms with E-state index in [2.05, 4.69) is 22.3 Å².